The quantitative estimate of drug-likeness (QED) is 0.837. The van der Waals surface area contributed by atoms with Crippen LogP contribution in [0.2, 0.25) is 5.02 Å². The van der Waals surface area contributed by atoms with E-state index >= 15 is 0 Å². The van der Waals surface area contributed by atoms with Gasteiger partial charge in [0.1, 0.15) is 6.54 Å². The molecular weight excluding hydrogens is 356 g/mol. The van der Waals surface area contributed by atoms with Crippen LogP contribution in [0.5, 0.6) is 0 Å². The summed E-state index contributed by atoms with van der Waals surface area (Å²) in [5, 5.41) is 3.09. The van der Waals surface area contributed by atoms with Gasteiger partial charge in [-0.2, -0.15) is 0 Å². The highest BCUT2D eigenvalue weighted by molar-refractivity contribution is 9.10. The van der Waals surface area contributed by atoms with Gasteiger partial charge in [-0.15, -0.1) is 0 Å². The van der Waals surface area contributed by atoms with Crippen molar-refractivity contribution in [2.45, 2.75) is 0 Å². The topological polar surface area (TPSA) is 49.4 Å². The Bertz CT molecular complexity index is 748. The zero-order valence-corrected chi connectivity index (χ0v) is 13.1. The molecule has 2 amide bonds. The summed E-state index contributed by atoms with van der Waals surface area (Å²) in [5.74, 6) is -0.523. The number of carbonyl (C=O) groups is 2. The molecule has 0 saturated carbocycles. The van der Waals surface area contributed by atoms with Crippen molar-refractivity contribution in [2.75, 3.05) is 16.8 Å². The molecule has 21 heavy (non-hydrogen) atoms. The highest BCUT2D eigenvalue weighted by Crippen LogP contribution is 2.31. The number of nitrogens with zero attached hydrogens (tertiary/aromatic N) is 1. The van der Waals surface area contributed by atoms with Gasteiger partial charge in [-0.1, -0.05) is 39.7 Å². The Hall–Kier alpha value is -1.85. The van der Waals surface area contributed by atoms with Crippen molar-refractivity contribution in [1.29, 1.82) is 0 Å². The van der Waals surface area contributed by atoms with E-state index in [2.05, 4.69) is 21.2 Å². The number of benzene rings is 2. The van der Waals surface area contributed by atoms with E-state index in [9.17, 15) is 9.59 Å². The summed E-state index contributed by atoms with van der Waals surface area (Å²) in [7, 11) is 0. The number of hydrogen-bond acceptors (Lipinski definition) is 2. The molecule has 106 valence electrons. The Labute approximate surface area is 134 Å². The lowest BCUT2D eigenvalue weighted by atomic mass is 10.1. The summed E-state index contributed by atoms with van der Waals surface area (Å²) in [5.41, 5.74) is 1.65. The zero-order chi connectivity index (χ0) is 15.0. The first-order valence-electron chi connectivity index (χ1n) is 6.22. The lowest BCUT2D eigenvalue weighted by Crippen LogP contribution is -2.42. The Morgan fingerprint density at radius 2 is 2.00 bits per heavy atom. The zero-order valence-electron chi connectivity index (χ0n) is 10.8. The summed E-state index contributed by atoms with van der Waals surface area (Å²) in [4.78, 5) is 25.9. The molecular formula is C15H10BrClN2O2. The summed E-state index contributed by atoms with van der Waals surface area (Å²) in [6.45, 7) is -0.0256. The molecule has 1 heterocycles. The van der Waals surface area contributed by atoms with E-state index in [1.165, 1.54) is 4.90 Å². The lowest BCUT2D eigenvalue weighted by molar-refractivity contribution is -0.115. The van der Waals surface area contributed by atoms with Gasteiger partial charge >= 0.3 is 0 Å². The molecule has 0 fully saturated rings. The van der Waals surface area contributed by atoms with Gasteiger partial charge in [-0.3, -0.25) is 14.5 Å². The number of nitrogens with one attached hydrogen (secondary N) is 1. The van der Waals surface area contributed by atoms with Crippen molar-refractivity contribution in [1.82, 2.24) is 0 Å². The van der Waals surface area contributed by atoms with Crippen LogP contribution in [0, 0.1) is 0 Å². The Balaban J connectivity index is 2.04. The number of anilines is 2. The monoisotopic (exact) mass is 364 g/mol. The predicted octanol–water partition coefficient (Wildman–Crippen LogP) is 3.70. The minimum atomic E-state index is -0.296. The second-order valence-corrected chi connectivity index (χ2v) is 5.90. The fourth-order valence-electron chi connectivity index (χ4n) is 2.22. The van der Waals surface area contributed by atoms with Crippen molar-refractivity contribution in [3.63, 3.8) is 0 Å². The van der Waals surface area contributed by atoms with Gasteiger partial charge in [-0.25, -0.2) is 0 Å². The molecule has 1 aliphatic heterocycles. The molecule has 0 unspecified atom stereocenters. The molecule has 6 heteroatoms. The third kappa shape index (κ3) is 2.66. The molecule has 2 aromatic rings. The van der Waals surface area contributed by atoms with Crippen LogP contribution in [0.3, 0.4) is 0 Å². The van der Waals surface area contributed by atoms with E-state index in [1.54, 1.807) is 36.4 Å². The van der Waals surface area contributed by atoms with Crippen molar-refractivity contribution in [2.24, 2.45) is 0 Å². The molecule has 0 bridgehead atoms. The third-order valence-electron chi connectivity index (χ3n) is 3.18. The molecule has 0 saturated heterocycles. The van der Waals surface area contributed by atoms with Gasteiger partial charge in [-0.05, 0) is 30.3 Å². The van der Waals surface area contributed by atoms with E-state index in [4.69, 9.17) is 11.6 Å². The number of fused-ring (bicyclic) bond motifs is 1. The number of carbonyl (C=O) groups excluding carboxylic acids is 2. The molecule has 1 N–H and O–H groups in total. The number of amides is 2. The maximum absolute atomic E-state index is 12.7. The van der Waals surface area contributed by atoms with Gasteiger partial charge in [0.15, 0.2) is 0 Å². The summed E-state index contributed by atoms with van der Waals surface area (Å²) < 4.78 is 0.792. The lowest BCUT2D eigenvalue weighted by Gasteiger charge is -2.29. The van der Waals surface area contributed by atoms with Crippen molar-refractivity contribution >= 4 is 50.7 Å². The normalized spacial score (nSPS) is 13.6. The number of halogens is 2. The van der Waals surface area contributed by atoms with Crippen LogP contribution >= 0.6 is 27.5 Å². The van der Waals surface area contributed by atoms with Crippen LogP contribution in [-0.2, 0) is 4.79 Å². The summed E-state index contributed by atoms with van der Waals surface area (Å²) in [6, 6.07) is 12.2. The van der Waals surface area contributed by atoms with Crippen LogP contribution in [0.4, 0.5) is 11.4 Å². The van der Waals surface area contributed by atoms with Crippen molar-refractivity contribution in [3.05, 3.63) is 57.5 Å². The van der Waals surface area contributed by atoms with Gasteiger partial charge in [0, 0.05) is 4.47 Å². The number of para-hydroxylation sites is 2. The van der Waals surface area contributed by atoms with E-state index in [0.29, 0.717) is 22.0 Å². The molecule has 4 nitrogen and oxygen atoms in total. The minimum Gasteiger partial charge on any atom is -0.323 e. The molecule has 0 atom stereocenters. The first-order chi connectivity index (χ1) is 10.1. The van der Waals surface area contributed by atoms with Crippen LogP contribution in [0.25, 0.3) is 0 Å². The fourth-order valence-corrected chi connectivity index (χ4v) is 2.98. The standard InChI is InChI=1S/C15H10BrClN2O2/c16-9-5-6-10(11(17)7-9)15(21)19-8-14(20)18-12-3-1-2-4-13(12)19/h1-7H,8H2,(H,18,20). The largest absolute Gasteiger partial charge is 0.323 e. The van der Waals surface area contributed by atoms with Crippen molar-refractivity contribution in [3.8, 4) is 0 Å². The number of rotatable bonds is 1. The Kier molecular flexibility index (Phi) is 3.69. The van der Waals surface area contributed by atoms with Gasteiger partial charge in [0.2, 0.25) is 5.91 Å². The predicted molar refractivity (Wildman–Crippen MR) is 85.9 cm³/mol. The maximum Gasteiger partial charge on any atom is 0.260 e. The minimum absolute atomic E-state index is 0.0256. The van der Waals surface area contributed by atoms with E-state index in [0.717, 1.165) is 4.47 Å². The summed E-state index contributed by atoms with van der Waals surface area (Å²) >= 11 is 9.43. The molecule has 2 aromatic carbocycles. The molecule has 0 spiro atoms. The van der Waals surface area contributed by atoms with Gasteiger partial charge in [0.25, 0.3) is 5.91 Å². The summed E-state index contributed by atoms with van der Waals surface area (Å²) in [6.07, 6.45) is 0. The van der Waals surface area contributed by atoms with E-state index in [-0.39, 0.29) is 18.4 Å². The second kappa shape index (κ2) is 5.50. The first kappa shape index (κ1) is 14.1. The molecule has 0 aromatic heterocycles. The Morgan fingerprint density at radius 1 is 1.24 bits per heavy atom. The van der Waals surface area contributed by atoms with E-state index in [1.807, 2.05) is 6.07 Å². The van der Waals surface area contributed by atoms with Crippen LogP contribution < -0.4 is 10.2 Å². The SMILES string of the molecule is O=C1CN(C(=O)c2ccc(Br)cc2Cl)c2ccccc2N1. The highest BCUT2D eigenvalue weighted by atomic mass is 79.9. The van der Waals surface area contributed by atoms with Gasteiger partial charge < -0.3 is 5.32 Å². The van der Waals surface area contributed by atoms with Crippen LogP contribution in [-0.4, -0.2) is 18.4 Å². The fraction of sp³-hybridized carbons (Fsp3) is 0.0667. The van der Waals surface area contributed by atoms with Crippen LogP contribution in [0.1, 0.15) is 10.4 Å². The average Bonchev–Trinajstić information content (AvgIpc) is 2.45. The molecule has 1 aliphatic rings. The maximum atomic E-state index is 12.7. The second-order valence-electron chi connectivity index (χ2n) is 4.58. The van der Waals surface area contributed by atoms with E-state index < -0.39 is 0 Å². The molecule has 0 radical (unpaired) electrons. The van der Waals surface area contributed by atoms with Crippen molar-refractivity contribution < 1.29 is 9.59 Å². The average molecular weight is 366 g/mol. The van der Waals surface area contributed by atoms with Crippen LogP contribution in [0.15, 0.2) is 46.9 Å². The highest BCUT2D eigenvalue weighted by Gasteiger charge is 2.28. The third-order valence-corrected chi connectivity index (χ3v) is 3.98. The Morgan fingerprint density at radius 3 is 2.76 bits per heavy atom. The molecule has 0 aliphatic carbocycles. The number of hydrogen-bond donors (Lipinski definition) is 1. The molecule has 3 rings (SSSR count). The smallest absolute Gasteiger partial charge is 0.260 e. The first-order valence-corrected chi connectivity index (χ1v) is 7.39. The van der Waals surface area contributed by atoms with Gasteiger partial charge in [0.05, 0.1) is 22.0 Å².